The molecule has 0 aliphatic heterocycles. The minimum atomic E-state index is -2.75. The summed E-state index contributed by atoms with van der Waals surface area (Å²) in [6, 6.07) is 0. The van der Waals surface area contributed by atoms with E-state index < -0.39 is 23.2 Å². The predicted octanol–water partition coefficient (Wildman–Crippen LogP) is 1.23. The summed E-state index contributed by atoms with van der Waals surface area (Å²) in [5.74, 6) is -2.50. The molecule has 4 nitrogen and oxygen atoms in total. The topological polar surface area (TPSA) is 52.6 Å². The lowest BCUT2D eigenvalue weighted by molar-refractivity contribution is -0.178. The van der Waals surface area contributed by atoms with Crippen LogP contribution < -0.4 is 0 Å². The summed E-state index contributed by atoms with van der Waals surface area (Å²) >= 11 is 0. The SMILES string of the molecule is COC(=O)C(C)(F)C(=O)OC(C)(C)C. The maximum absolute atomic E-state index is 13.5. The lowest BCUT2D eigenvalue weighted by Crippen LogP contribution is -2.44. The van der Waals surface area contributed by atoms with E-state index in [0.29, 0.717) is 0 Å². The number of rotatable bonds is 2. The van der Waals surface area contributed by atoms with Crippen LogP contribution in [-0.4, -0.2) is 30.3 Å². The van der Waals surface area contributed by atoms with Crippen molar-refractivity contribution in [3.63, 3.8) is 0 Å². The van der Waals surface area contributed by atoms with E-state index in [1.54, 1.807) is 20.8 Å². The molecule has 0 aromatic heterocycles. The molecule has 0 N–H and O–H groups in total. The molecular weight excluding hydrogens is 191 g/mol. The third-order valence-corrected chi connectivity index (χ3v) is 1.35. The number of hydrogen-bond acceptors (Lipinski definition) is 4. The highest BCUT2D eigenvalue weighted by molar-refractivity contribution is 6.02. The molecule has 1 atom stereocenters. The fourth-order valence-electron chi connectivity index (χ4n) is 0.649. The molecule has 0 fully saturated rings. The van der Waals surface area contributed by atoms with Crippen LogP contribution in [0.1, 0.15) is 27.7 Å². The molecule has 0 aliphatic rings. The van der Waals surface area contributed by atoms with E-state index in [4.69, 9.17) is 4.74 Å². The van der Waals surface area contributed by atoms with E-state index in [1.165, 1.54) is 0 Å². The number of alkyl halides is 1. The Morgan fingerprint density at radius 2 is 1.50 bits per heavy atom. The number of hydrogen-bond donors (Lipinski definition) is 0. The first-order valence-electron chi connectivity index (χ1n) is 4.12. The number of esters is 2. The monoisotopic (exact) mass is 206 g/mol. The van der Waals surface area contributed by atoms with Crippen LogP contribution in [0.15, 0.2) is 0 Å². The van der Waals surface area contributed by atoms with Gasteiger partial charge in [0.05, 0.1) is 7.11 Å². The molecule has 0 rings (SSSR count). The molecule has 0 bridgehead atoms. The maximum Gasteiger partial charge on any atom is 0.356 e. The second kappa shape index (κ2) is 3.94. The van der Waals surface area contributed by atoms with Crippen molar-refractivity contribution in [2.75, 3.05) is 7.11 Å². The van der Waals surface area contributed by atoms with Crippen molar-refractivity contribution in [1.29, 1.82) is 0 Å². The third-order valence-electron chi connectivity index (χ3n) is 1.35. The van der Waals surface area contributed by atoms with Crippen LogP contribution in [0.4, 0.5) is 4.39 Å². The Hall–Kier alpha value is -1.13. The van der Waals surface area contributed by atoms with Crippen LogP contribution in [0.3, 0.4) is 0 Å². The van der Waals surface area contributed by atoms with Gasteiger partial charge in [-0.2, -0.15) is 0 Å². The molecule has 0 aromatic carbocycles. The zero-order valence-electron chi connectivity index (χ0n) is 9.01. The van der Waals surface area contributed by atoms with E-state index in [-0.39, 0.29) is 0 Å². The van der Waals surface area contributed by atoms with Crippen LogP contribution in [-0.2, 0) is 19.1 Å². The van der Waals surface area contributed by atoms with Crippen molar-refractivity contribution in [3.8, 4) is 0 Å². The molecule has 0 aromatic rings. The number of carbonyl (C=O) groups is 2. The average molecular weight is 206 g/mol. The van der Waals surface area contributed by atoms with Crippen LogP contribution >= 0.6 is 0 Å². The first-order valence-corrected chi connectivity index (χ1v) is 4.12. The molecule has 82 valence electrons. The first-order chi connectivity index (χ1) is 6.11. The van der Waals surface area contributed by atoms with Gasteiger partial charge < -0.3 is 9.47 Å². The number of halogens is 1. The lowest BCUT2D eigenvalue weighted by Gasteiger charge is -2.24. The molecule has 0 radical (unpaired) electrons. The molecular formula is C9H15FO4. The first kappa shape index (κ1) is 12.9. The minimum Gasteiger partial charge on any atom is -0.466 e. The molecule has 1 unspecified atom stereocenters. The zero-order chi connectivity index (χ0) is 11.6. The Kier molecular flexibility index (Phi) is 3.62. The van der Waals surface area contributed by atoms with Crippen molar-refractivity contribution >= 4 is 11.9 Å². The molecule has 0 saturated heterocycles. The third kappa shape index (κ3) is 3.32. The van der Waals surface area contributed by atoms with E-state index in [2.05, 4.69) is 4.74 Å². The highest BCUT2D eigenvalue weighted by atomic mass is 19.1. The second-order valence-electron chi connectivity index (χ2n) is 4.00. The molecule has 0 heterocycles. The number of carbonyl (C=O) groups excluding carboxylic acids is 2. The molecule has 0 amide bonds. The fourth-order valence-corrected chi connectivity index (χ4v) is 0.649. The van der Waals surface area contributed by atoms with Crippen molar-refractivity contribution in [3.05, 3.63) is 0 Å². The molecule has 0 saturated carbocycles. The van der Waals surface area contributed by atoms with Gasteiger partial charge in [0, 0.05) is 0 Å². The van der Waals surface area contributed by atoms with Crippen LogP contribution in [0.5, 0.6) is 0 Å². The Morgan fingerprint density at radius 1 is 1.07 bits per heavy atom. The quantitative estimate of drug-likeness (QED) is 0.503. The standard InChI is InChI=1S/C9H15FO4/c1-8(2,3)14-7(12)9(4,10)6(11)13-5/h1-5H3. The summed E-state index contributed by atoms with van der Waals surface area (Å²) < 4.78 is 22.3. The number of ether oxygens (including phenoxy) is 2. The summed E-state index contributed by atoms with van der Waals surface area (Å²) in [6.45, 7) is 5.56. The van der Waals surface area contributed by atoms with Crippen molar-refractivity contribution in [1.82, 2.24) is 0 Å². The Labute approximate surface area is 82.4 Å². The predicted molar refractivity (Wildman–Crippen MR) is 47.4 cm³/mol. The summed E-state index contributed by atoms with van der Waals surface area (Å²) in [4.78, 5) is 22.0. The van der Waals surface area contributed by atoms with Gasteiger partial charge in [-0.1, -0.05) is 0 Å². The largest absolute Gasteiger partial charge is 0.466 e. The van der Waals surface area contributed by atoms with Crippen molar-refractivity contribution in [2.24, 2.45) is 0 Å². The summed E-state index contributed by atoms with van der Waals surface area (Å²) in [5.41, 5.74) is -3.58. The Morgan fingerprint density at radius 3 is 1.79 bits per heavy atom. The lowest BCUT2D eigenvalue weighted by atomic mass is 10.1. The summed E-state index contributed by atoms with van der Waals surface area (Å²) in [5, 5.41) is 0. The van der Waals surface area contributed by atoms with E-state index in [9.17, 15) is 14.0 Å². The summed E-state index contributed by atoms with van der Waals surface area (Å²) in [6.07, 6.45) is 0. The van der Waals surface area contributed by atoms with Gasteiger partial charge in [0.2, 0.25) is 0 Å². The minimum absolute atomic E-state index is 0.812. The zero-order valence-corrected chi connectivity index (χ0v) is 9.01. The van der Waals surface area contributed by atoms with Crippen LogP contribution in [0, 0.1) is 0 Å². The van der Waals surface area contributed by atoms with Gasteiger partial charge in [0.15, 0.2) is 0 Å². The maximum atomic E-state index is 13.5. The van der Waals surface area contributed by atoms with Gasteiger partial charge in [0.1, 0.15) is 5.60 Å². The highest BCUT2D eigenvalue weighted by Gasteiger charge is 2.46. The van der Waals surface area contributed by atoms with Crippen LogP contribution in [0.2, 0.25) is 0 Å². The highest BCUT2D eigenvalue weighted by Crippen LogP contribution is 2.19. The summed E-state index contributed by atoms with van der Waals surface area (Å²) in [7, 11) is 1.00. The molecule has 5 heteroatoms. The van der Waals surface area contributed by atoms with E-state index in [0.717, 1.165) is 14.0 Å². The van der Waals surface area contributed by atoms with Gasteiger partial charge in [-0.25, -0.2) is 14.0 Å². The number of methoxy groups -OCH3 is 1. The normalized spacial score (nSPS) is 15.6. The fraction of sp³-hybridized carbons (Fsp3) is 0.778. The van der Waals surface area contributed by atoms with Gasteiger partial charge in [-0.15, -0.1) is 0 Å². The molecule has 14 heavy (non-hydrogen) atoms. The van der Waals surface area contributed by atoms with Crippen molar-refractivity contribution < 1.29 is 23.5 Å². The van der Waals surface area contributed by atoms with Gasteiger partial charge in [-0.05, 0) is 27.7 Å². The van der Waals surface area contributed by atoms with Crippen molar-refractivity contribution in [2.45, 2.75) is 39.0 Å². The van der Waals surface area contributed by atoms with E-state index in [1.807, 2.05) is 0 Å². The Balaban J connectivity index is 4.60. The van der Waals surface area contributed by atoms with Crippen LogP contribution in [0.25, 0.3) is 0 Å². The average Bonchev–Trinajstić information content (AvgIpc) is 1.99. The van der Waals surface area contributed by atoms with Gasteiger partial charge >= 0.3 is 11.9 Å². The van der Waals surface area contributed by atoms with Gasteiger partial charge in [-0.3, -0.25) is 0 Å². The molecule has 0 spiro atoms. The Bertz CT molecular complexity index is 240. The van der Waals surface area contributed by atoms with E-state index >= 15 is 0 Å². The van der Waals surface area contributed by atoms with Gasteiger partial charge in [0.25, 0.3) is 5.67 Å². The molecule has 0 aliphatic carbocycles. The smallest absolute Gasteiger partial charge is 0.356 e. The second-order valence-corrected chi connectivity index (χ2v) is 4.00.